The van der Waals surface area contributed by atoms with Crippen molar-refractivity contribution in [1.82, 2.24) is 19.4 Å². The topological polar surface area (TPSA) is 55.3 Å². The van der Waals surface area contributed by atoms with Gasteiger partial charge in [-0.15, -0.1) is 0 Å². The molecular weight excluding hydrogens is 228 g/mol. The van der Waals surface area contributed by atoms with Crippen molar-refractivity contribution in [3.8, 4) is 0 Å². The Morgan fingerprint density at radius 2 is 2.17 bits per heavy atom. The summed E-state index contributed by atoms with van der Waals surface area (Å²) in [5, 5.41) is 18.8. The van der Waals surface area contributed by atoms with E-state index in [9.17, 15) is 5.11 Å². The fourth-order valence-corrected chi connectivity index (χ4v) is 2.04. The van der Waals surface area contributed by atoms with E-state index in [1.807, 2.05) is 37.5 Å². The second kappa shape index (κ2) is 4.27. The van der Waals surface area contributed by atoms with E-state index in [0.717, 1.165) is 23.2 Å². The van der Waals surface area contributed by atoms with Gasteiger partial charge in [0.1, 0.15) is 6.10 Å². The lowest BCUT2D eigenvalue weighted by molar-refractivity contribution is 0.221. The number of aliphatic hydroxyl groups is 1. The molecule has 0 radical (unpaired) electrons. The number of hydrogen-bond acceptors (Lipinski definition) is 3. The third-order valence-corrected chi connectivity index (χ3v) is 3.04. The van der Waals surface area contributed by atoms with Crippen LogP contribution in [0.2, 0.25) is 0 Å². The van der Waals surface area contributed by atoms with E-state index in [-0.39, 0.29) is 0 Å². The molecule has 3 rings (SSSR count). The minimum atomic E-state index is -0.690. The molecule has 5 nitrogen and oxygen atoms in total. The lowest BCUT2D eigenvalue weighted by atomic mass is 10.1. The Kier molecular flexibility index (Phi) is 2.60. The summed E-state index contributed by atoms with van der Waals surface area (Å²) < 4.78 is 3.55. The molecule has 92 valence electrons. The van der Waals surface area contributed by atoms with Crippen molar-refractivity contribution in [2.75, 3.05) is 0 Å². The third-order valence-electron chi connectivity index (χ3n) is 3.04. The molecule has 0 bridgehead atoms. The number of aliphatic hydroxyl groups excluding tert-OH is 1. The lowest BCUT2D eigenvalue weighted by Crippen LogP contribution is -1.98. The Morgan fingerprint density at radius 3 is 2.94 bits per heavy atom. The van der Waals surface area contributed by atoms with Crippen LogP contribution < -0.4 is 0 Å². The summed E-state index contributed by atoms with van der Waals surface area (Å²) >= 11 is 0. The van der Waals surface area contributed by atoms with Gasteiger partial charge in [-0.3, -0.25) is 4.68 Å². The highest BCUT2D eigenvalue weighted by atomic mass is 16.3. The molecule has 1 N–H and O–H groups in total. The van der Waals surface area contributed by atoms with Crippen LogP contribution in [0.25, 0.3) is 5.52 Å². The van der Waals surface area contributed by atoms with Gasteiger partial charge in [-0.1, -0.05) is 6.07 Å². The van der Waals surface area contributed by atoms with E-state index in [2.05, 4.69) is 10.2 Å². The molecule has 0 aliphatic carbocycles. The second-order valence-electron chi connectivity index (χ2n) is 4.16. The first-order valence-corrected chi connectivity index (χ1v) is 5.92. The number of nitrogens with zero attached hydrogens (tertiary/aromatic N) is 4. The van der Waals surface area contributed by atoms with Gasteiger partial charge in [0.25, 0.3) is 0 Å². The van der Waals surface area contributed by atoms with Gasteiger partial charge in [0.15, 0.2) is 0 Å². The minimum Gasteiger partial charge on any atom is -0.383 e. The predicted octanol–water partition coefficient (Wildman–Crippen LogP) is 1.63. The molecule has 1 unspecified atom stereocenters. The van der Waals surface area contributed by atoms with Crippen molar-refractivity contribution < 1.29 is 5.11 Å². The molecule has 18 heavy (non-hydrogen) atoms. The van der Waals surface area contributed by atoms with Gasteiger partial charge < -0.3 is 5.11 Å². The monoisotopic (exact) mass is 242 g/mol. The molecule has 0 saturated heterocycles. The zero-order valence-electron chi connectivity index (χ0n) is 10.1. The van der Waals surface area contributed by atoms with Crippen LogP contribution in [0.3, 0.4) is 0 Å². The standard InChI is InChI=1S/C13H14N4O/c1-2-16-9-10(7-14-16)13(18)11-8-15-17-6-4-3-5-12(11)17/h3-9,13,18H,2H2,1H3. The molecular formula is C13H14N4O. The molecule has 0 saturated carbocycles. The first kappa shape index (κ1) is 11.0. The number of aryl methyl sites for hydroxylation is 1. The largest absolute Gasteiger partial charge is 0.383 e. The molecule has 5 heteroatoms. The van der Waals surface area contributed by atoms with E-state index in [4.69, 9.17) is 0 Å². The summed E-state index contributed by atoms with van der Waals surface area (Å²) in [6, 6.07) is 5.78. The molecule has 3 aromatic rings. The van der Waals surface area contributed by atoms with Crippen molar-refractivity contribution >= 4 is 5.52 Å². The van der Waals surface area contributed by atoms with E-state index >= 15 is 0 Å². The van der Waals surface area contributed by atoms with Gasteiger partial charge in [0.2, 0.25) is 0 Å². The van der Waals surface area contributed by atoms with Gasteiger partial charge in [0, 0.05) is 30.1 Å². The highest BCUT2D eigenvalue weighted by molar-refractivity contribution is 5.56. The van der Waals surface area contributed by atoms with E-state index in [0.29, 0.717) is 0 Å². The van der Waals surface area contributed by atoms with Crippen molar-refractivity contribution in [3.05, 3.63) is 54.1 Å². The molecule has 0 spiro atoms. The lowest BCUT2D eigenvalue weighted by Gasteiger charge is -2.06. The second-order valence-corrected chi connectivity index (χ2v) is 4.16. The van der Waals surface area contributed by atoms with Crippen molar-refractivity contribution in [3.63, 3.8) is 0 Å². The van der Waals surface area contributed by atoms with E-state index in [1.54, 1.807) is 21.6 Å². The summed E-state index contributed by atoms with van der Waals surface area (Å²) in [6.45, 7) is 2.81. The summed E-state index contributed by atoms with van der Waals surface area (Å²) in [5.41, 5.74) is 2.50. The Balaban J connectivity index is 2.03. The number of rotatable bonds is 3. The Morgan fingerprint density at radius 1 is 1.28 bits per heavy atom. The maximum absolute atomic E-state index is 10.4. The van der Waals surface area contributed by atoms with Crippen molar-refractivity contribution in [2.24, 2.45) is 0 Å². The molecule has 0 aromatic carbocycles. The van der Waals surface area contributed by atoms with Gasteiger partial charge in [-0.2, -0.15) is 10.2 Å². The summed E-state index contributed by atoms with van der Waals surface area (Å²) in [4.78, 5) is 0. The minimum absolute atomic E-state index is 0.690. The molecule has 0 aliphatic heterocycles. The molecule has 0 fully saturated rings. The van der Waals surface area contributed by atoms with Crippen LogP contribution in [-0.2, 0) is 6.54 Å². The maximum Gasteiger partial charge on any atom is 0.111 e. The average molecular weight is 242 g/mol. The molecule has 3 aromatic heterocycles. The van der Waals surface area contributed by atoms with Crippen LogP contribution in [0, 0.1) is 0 Å². The van der Waals surface area contributed by atoms with Gasteiger partial charge >= 0.3 is 0 Å². The summed E-state index contributed by atoms with van der Waals surface area (Å²) in [7, 11) is 0. The summed E-state index contributed by atoms with van der Waals surface area (Å²) in [6.07, 6.45) is 6.42. The van der Waals surface area contributed by atoms with Crippen LogP contribution in [0.1, 0.15) is 24.2 Å². The summed E-state index contributed by atoms with van der Waals surface area (Å²) in [5.74, 6) is 0. The van der Waals surface area contributed by atoms with Crippen LogP contribution in [-0.4, -0.2) is 24.5 Å². The molecule has 0 amide bonds. The van der Waals surface area contributed by atoms with Gasteiger partial charge in [0.05, 0.1) is 17.9 Å². The smallest absolute Gasteiger partial charge is 0.111 e. The first-order chi connectivity index (χ1) is 8.79. The Bertz CT molecular complexity index is 670. The number of aromatic nitrogens is 4. The first-order valence-electron chi connectivity index (χ1n) is 5.92. The number of hydrogen-bond donors (Lipinski definition) is 1. The Labute approximate surface area is 104 Å². The van der Waals surface area contributed by atoms with Crippen LogP contribution in [0.5, 0.6) is 0 Å². The fraction of sp³-hybridized carbons (Fsp3) is 0.231. The highest BCUT2D eigenvalue weighted by Gasteiger charge is 2.16. The van der Waals surface area contributed by atoms with Crippen LogP contribution in [0.15, 0.2) is 43.0 Å². The quantitative estimate of drug-likeness (QED) is 0.759. The van der Waals surface area contributed by atoms with Crippen molar-refractivity contribution in [1.29, 1.82) is 0 Å². The zero-order valence-corrected chi connectivity index (χ0v) is 10.1. The zero-order chi connectivity index (χ0) is 12.5. The van der Waals surface area contributed by atoms with E-state index < -0.39 is 6.10 Å². The van der Waals surface area contributed by atoms with Crippen LogP contribution in [0.4, 0.5) is 0 Å². The molecule has 0 aliphatic rings. The number of fused-ring (bicyclic) bond motifs is 1. The van der Waals surface area contributed by atoms with Crippen molar-refractivity contribution in [2.45, 2.75) is 19.6 Å². The van der Waals surface area contributed by atoms with Crippen LogP contribution >= 0.6 is 0 Å². The van der Waals surface area contributed by atoms with Gasteiger partial charge in [-0.05, 0) is 19.1 Å². The molecule has 3 heterocycles. The average Bonchev–Trinajstić information content (AvgIpc) is 3.04. The van der Waals surface area contributed by atoms with E-state index in [1.165, 1.54) is 0 Å². The SMILES string of the molecule is CCn1cc(C(O)c2cnn3ccccc23)cn1. The third kappa shape index (κ3) is 1.69. The maximum atomic E-state index is 10.4. The van der Waals surface area contributed by atoms with Gasteiger partial charge in [-0.25, -0.2) is 4.52 Å². The fourth-order valence-electron chi connectivity index (χ4n) is 2.04. The predicted molar refractivity (Wildman–Crippen MR) is 67.2 cm³/mol. The molecule has 1 atom stereocenters. The Hall–Kier alpha value is -2.14. The normalized spacial score (nSPS) is 13.0. The number of pyridine rings is 1. The highest BCUT2D eigenvalue weighted by Crippen LogP contribution is 2.24.